The second kappa shape index (κ2) is 9.72. The van der Waals surface area contributed by atoms with Gasteiger partial charge in [0.1, 0.15) is 5.82 Å². The molecule has 0 spiro atoms. The van der Waals surface area contributed by atoms with Crippen molar-refractivity contribution in [3.63, 3.8) is 0 Å². The van der Waals surface area contributed by atoms with Gasteiger partial charge >= 0.3 is 0 Å². The van der Waals surface area contributed by atoms with Crippen molar-refractivity contribution in [2.24, 2.45) is 17.8 Å². The first kappa shape index (κ1) is 22.3. The van der Waals surface area contributed by atoms with Gasteiger partial charge in [-0.05, 0) is 118 Å². The van der Waals surface area contributed by atoms with E-state index >= 15 is 0 Å². The average Bonchev–Trinajstić information content (AvgIpc) is 2.78. The molecule has 4 rings (SSSR count). The summed E-state index contributed by atoms with van der Waals surface area (Å²) in [5, 5.41) is 3.30. The molecule has 1 nitrogen and oxygen atoms in total. The van der Waals surface area contributed by atoms with Gasteiger partial charge in [0.25, 0.3) is 0 Å². The van der Waals surface area contributed by atoms with Crippen molar-refractivity contribution in [2.45, 2.75) is 57.3 Å². The van der Waals surface area contributed by atoms with E-state index in [-0.39, 0.29) is 11.1 Å². The van der Waals surface area contributed by atoms with Crippen molar-refractivity contribution in [1.29, 1.82) is 0 Å². The summed E-state index contributed by atoms with van der Waals surface area (Å²) < 4.78 is 55.1. The van der Waals surface area contributed by atoms with Crippen LogP contribution in [0.25, 0.3) is 11.1 Å². The van der Waals surface area contributed by atoms with Gasteiger partial charge in [-0.25, -0.2) is 17.6 Å². The minimum absolute atomic E-state index is 0.0121. The fourth-order valence-corrected chi connectivity index (χ4v) is 5.81. The molecule has 168 valence electrons. The van der Waals surface area contributed by atoms with Crippen LogP contribution in [-0.2, 0) is 0 Å². The molecule has 0 aliphatic heterocycles. The van der Waals surface area contributed by atoms with Crippen LogP contribution in [0, 0.1) is 41.0 Å². The molecule has 2 aromatic rings. The molecule has 0 bridgehead atoms. The van der Waals surface area contributed by atoms with E-state index in [1.54, 1.807) is 6.07 Å². The Hall–Kier alpha value is -1.88. The summed E-state index contributed by atoms with van der Waals surface area (Å²) in [5.41, 5.74) is 1.05. The largest absolute Gasteiger partial charge is 0.319 e. The highest BCUT2D eigenvalue weighted by molar-refractivity contribution is 5.65. The van der Waals surface area contributed by atoms with Crippen LogP contribution in [0.15, 0.2) is 30.3 Å². The number of hydrogen-bond acceptors (Lipinski definition) is 1. The quantitative estimate of drug-likeness (QED) is 0.388. The highest BCUT2D eigenvalue weighted by atomic mass is 19.2. The summed E-state index contributed by atoms with van der Waals surface area (Å²) in [6, 6.07) is 6.58. The molecular weight excluding hydrogens is 402 g/mol. The molecule has 5 heteroatoms. The van der Waals surface area contributed by atoms with E-state index in [1.807, 2.05) is 13.1 Å². The molecule has 0 heterocycles. The van der Waals surface area contributed by atoms with Gasteiger partial charge in [0.15, 0.2) is 17.5 Å². The highest BCUT2D eigenvalue weighted by Gasteiger charge is 2.31. The van der Waals surface area contributed by atoms with E-state index in [4.69, 9.17) is 0 Å². The van der Waals surface area contributed by atoms with Gasteiger partial charge in [0.05, 0.1) is 0 Å². The van der Waals surface area contributed by atoms with Crippen LogP contribution in [0.1, 0.15) is 62.8 Å². The lowest BCUT2D eigenvalue weighted by Crippen LogP contribution is -2.28. The molecule has 2 aromatic carbocycles. The first-order valence-corrected chi connectivity index (χ1v) is 11.5. The Morgan fingerprint density at radius 3 is 1.87 bits per heavy atom. The standard InChI is InChI=1S/C26H31F4N/c1-31-15-16-2-4-17(5-3-16)18-6-8-19(9-7-18)20-10-11-22(23(27)12-20)21-13-24(28)26(30)25(29)14-21/h10-14,16-19,31H,2-9,15H2,1H3. The normalized spacial score (nSPS) is 26.7. The van der Waals surface area contributed by atoms with Crippen LogP contribution < -0.4 is 5.32 Å². The zero-order chi connectivity index (χ0) is 22.0. The lowest BCUT2D eigenvalue weighted by molar-refractivity contribution is 0.160. The number of benzene rings is 2. The van der Waals surface area contributed by atoms with E-state index in [9.17, 15) is 17.6 Å². The molecule has 2 saturated carbocycles. The third-order valence-corrected chi connectivity index (χ3v) is 7.58. The van der Waals surface area contributed by atoms with Crippen molar-refractivity contribution < 1.29 is 17.6 Å². The van der Waals surface area contributed by atoms with Gasteiger partial charge in [-0.15, -0.1) is 0 Å². The maximum absolute atomic E-state index is 14.8. The zero-order valence-corrected chi connectivity index (χ0v) is 18.1. The van der Waals surface area contributed by atoms with Gasteiger partial charge in [0, 0.05) is 5.56 Å². The molecule has 1 N–H and O–H groups in total. The van der Waals surface area contributed by atoms with Gasteiger partial charge in [-0.2, -0.15) is 0 Å². The predicted molar refractivity (Wildman–Crippen MR) is 116 cm³/mol. The molecule has 2 aliphatic rings. The molecule has 0 saturated heterocycles. The maximum Gasteiger partial charge on any atom is 0.194 e. The number of hydrogen-bond donors (Lipinski definition) is 1. The highest BCUT2D eigenvalue weighted by Crippen LogP contribution is 2.44. The molecule has 31 heavy (non-hydrogen) atoms. The van der Waals surface area contributed by atoms with Crippen molar-refractivity contribution in [2.75, 3.05) is 13.6 Å². The number of rotatable bonds is 5. The predicted octanol–water partition coefficient (Wildman–Crippen LogP) is 7.21. The van der Waals surface area contributed by atoms with E-state index < -0.39 is 23.3 Å². The van der Waals surface area contributed by atoms with Crippen molar-refractivity contribution in [1.82, 2.24) is 5.32 Å². The van der Waals surface area contributed by atoms with E-state index in [2.05, 4.69) is 5.32 Å². The van der Waals surface area contributed by atoms with Crippen molar-refractivity contribution in [3.05, 3.63) is 59.2 Å². The fraction of sp³-hybridized carbons (Fsp3) is 0.538. The van der Waals surface area contributed by atoms with Crippen LogP contribution >= 0.6 is 0 Å². The summed E-state index contributed by atoms with van der Waals surface area (Å²) >= 11 is 0. The minimum atomic E-state index is -1.53. The van der Waals surface area contributed by atoms with Gasteiger partial charge < -0.3 is 5.32 Å². The molecular formula is C26H31F4N. The lowest BCUT2D eigenvalue weighted by Gasteiger charge is -2.38. The summed E-state index contributed by atoms with van der Waals surface area (Å²) in [5.74, 6) is -1.92. The molecule has 0 unspecified atom stereocenters. The maximum atomic E-state index is 14.8. The minimum Gasteiger partial charge on any atom is -0.319 e. The van der Waals surface area contributed by atoms with E-state index in [0.717, 1.165) is 54.8 Å². The van der Waals surface area contributed by atoms with Crippen LogP contribution in [0.2, 0.25) is 0 Å². The Bertz CT molecular complexity index is 873. The summed E-state index contributed by atoms with van der Waals surface area (Å²) in [7, 11) is 2.03. The van der Waals surface area contributed by atoms with Crippen molar-refractivity contribution >= 4 is 0 Å². The summed E-state index contributed by atoms with van der Waals surface area (Å²) in [6.45, 7) is 1.12. The molecule has 0 radical (unpaired) electrons. The molecule has 2 aliphatic carbocycles. The van der Waals surface area contributed by atoms with E-state index in [0.29, 0.717) is 5.92 Å². The lowest BCUT2D eigenvalue weighted by atomic mass is 9.68. The summed E-state index contributed by atoms with van der Waals surface area (Å²) in [4.78, 5) is 0. The van der Waals surface area contributed by atoms with Crippen LogP contribution in [0.5, 0.6) is 0 Å². The first-order chi connectivity index (χ1) is 15.0. The van der Waals surface area contributed by atoms with Gasteiger partial charge in [-0.1, -0.05) is 12.1 Å². The number of nitrogens with one attached hydrogen (secondary N) is 1. The zero-order valence-electron chi connectivity index (χ0n) is 18.1. The Morgan fingerprint density at radius 1 is 0.742 bits per heavy atom. The van der Waals surface area contributed by atoms with Crippen LogP contribution in [0.3, 0.4) is 0 Å². The van der Waals surface area contributed by atoms with Gasteiger partial charge in [0.2, 0.25) is 0 Å². The average molecular weight is 434 g/mol. The van der Waals surface area contributed by atoms with Crippen LogP contribution in [-0.4, -0.2) is 13.6 Å². The smallest absolute Gasteiger partial charge is 0.194 e. The van der Waals surface area contributed by atoms with Gasteiger partial charge in [-0.3, -0.25) is 0 Å². The fourth-order valence-electron chi connectivity index (χ4n) is 5.81. The van der Waals surface area contributed by atoms with E-state index in [1.165, 1.54) is 44.6 Å². The molecule has 0 amide bonds. The second-order valence-electron chi connectivity index (χ2n) is 9.44. The second-order valence-corrected chi connectivity index (χ2v) is 9.44. The SMILES string of the molecule is CNCC1CCC(C2CCC(c3ccc(-c4cc(F)c(F)c(F)c4)c(F)c3)CC2)CC1. The first-order valence-electron chi connectivity index (χ1n) is 11.5. The Kier molecular flexibility index (Phi) is 7.00. The molecule has 0 atom stereocenters. The topological polar surface area (TPSA) is 12.0 Å². The summed E-state index contributed by atoms with van der Waals surface area (Å²) in [6.07, 6.45) is 9.78. The third kappa shape index (κ3) is 4.97. The Labute approximate surface area is 182 Å². The van der Waals surface area contributed by atoms with Crippen LogP contribution in [0.4, 0.5) is 17.6 Å². The molecule has 0 aromatic heterocycles. The Balaban J connectivity index is 1.38. The monoisotopic (exact) mass is 433 g/mol. The number of halogens is 4. The third-order valence-electron chi connectivity index (χ3n) is 7.58. The molecule has 2 fully saturated rings. The van der Waals surface area contributed by atoms with Crippen molar-refractivity contribution in [3.8, 4) is 11.1 Å². The Morgan fingerprint density at radius 2 is 1.32 bits per heavy atom.